The van der Waals surface area contributed by atoms with Gasteiger partial charge in [-0.3, -0.25) is 4.79 Å². The molecule has 0 unspecified atom stereocenters. The molecule has 3 nitrogen and oxygen atoms in total. The lowest BCUT2D eigenvalue weighted by Crippen LogP contribution is -2.39. The first-order valence-corrected chi connectivity index (χ1v) is 5.18. The molecule has 0 aliphatic carbocycles. The van der Waals surface area contributed by atoms with E-state index in [1.165, 1.54) is 6.08 Å². The van der Waals surface area contributed by atoms with Gasteiger partial charge in [-0.1, -0.05) is 36.4 Å². The van der Waals surface area contributed by atoms with E-state index < -0.39 is 11.4 Å². The van der Waals surface area contributed by atoms with Crippen LogP contribution in [0.15, 0.2) is 43.0 Å². The number of hydrogen-bond acceptors (Lipinski definition) is 3. The van der Waals surface area contributed by atoms with Gasteiger partial charge in [0.15, 0.2) is 0 Å². The quantitative estimate of drug-likeness (QED) is 0.606. The summed E-state index contributed by atoms with van der Waals surface area (Å²) in [5.74, 6) is -0.473. The molecule has 0 saturated carbocycles. The molecule has 0 amide bonds. The van der Waals surface area contributed by atoms with Crippen LogP contribution in [0.1, 0.15) is 12.5 Å². The normalized spacial score (nSPS) is 13.9. The number of esters is 1. The summed E-state index contributed by atoms with van der Waals surface area (Å²) in [6.45, 7) is 5.28. The Morgan fingerprint density at radius 3 is 2.56 bits per heavy atom. The first kappa shape index (κ1) is 12.5. The standard InChI is InChI=1S/C13H16O3/c1-3-13(10-14,12(15)16-4-2)11-8-6-5-7-9-11/h3,5-9,14H,1,4,10H2,2H3/t13-/m1/s1. The van der Waals surface area contributed by atoms with Crippen LogP contribution in [0, 0.1) is 0 Å². The molecule has 3 heteroatoms. The largest absolute Gasteiger partial charge is 0.465 e. The Morgan fingerprint density at radius 2 is 2.12 bits per heavy atom. The van der Waals surface area contributed by atoms with Gasteiger partial charge in [-0.2, -0.15) is 0 Å². The monoisotopic (exact) mass is 220 g/mol. The second kappa shape index (κ2) is 5.47. The Balaban J connectivity index is 3.15. The Bertz CT molecular complexity index is 359. The highest BCUT2D eigenvalue weighted by Crippen LogP contribution is 2.26. The van der Waals surface area contributed by atoms with E-state index in [2.05, 4.69) is 6.58 Å². The van der Waals surface area contributed by atoms with Crippen molar-refractivity contribution in [1.29, 1.82) is 0 Å². The number of rotatable bonds is 5. The van der Waals surface area contributed by atoms with Gasteiger partial charge in [0.05, 0.1) is 13.2 Å². The van der Waals surface area contributed by atoms with Crippen molar-refractivity contribution >= 4 is 5.97 Å². The summed E-state index contributed by atoms with van der Waals surface area (Å²) in [7, 11) is 0. The van der Waals surface area contributed by atoms with Crippen LogP contribution in [0.25, 0.3) is 0 Å². The minimum absolute atomic E-state index is 0.279. The number of aliphatic hydroxyl groups is 1. The molecule has 0 aliphatic heterocycles. The van der Waals surface area contributed by atoms with E-state index in [-0.39, 0.29) is 13.2 Å². The molecule has 0 aliphatic rings. The van der Waals surface area contributed by atoms with Crippen LogP contribution in [-0.4, -0.2) is 24.3 Å². The molecule has 1 aromatic carbocycles. The molecule has 1 aromatic rings. The maximum atomic E-state index is 11.9. The second-order valence-electron chi connectivity index (χ2n) is 3.42. The number of carbonyl (C=O) groups excluding carboxylic acids is 1. The Labute approximate surface area is 95.4 Å². The van der Waals surface area contributed by atoms with Crippen molar-refractivity contribution in [3.63, 3.8) is 0 Å². The number of ether oxygens (including phenoxy) is 1. The summed E-state index contributed by atoms with van der Waals surface area (Å²) in [6.07, 6.45) is 1.43. The fraction of sp³-hybridized carbons (Fsp3) is 0.308. The highest BCUT2D eigenvalue weighted by Gasteiger charge is 2.38. The lowest BCUT2D eigenvalue weighted by molar-refractivity contribution is -0.149. The summed E-state index contributed by atoms with van der Waals surface area (Å²) in [5, 5.41) is 9.45. The number of aliphatic hydroxyl groups excluding tert-OH is 1. The number of hydrogen-bond donors (Lipinski definition) is 1. The SMILES string of the molecule is C=C[C@](CO)(C(=O)OCC)c1ccccc1. The highest BCUT2D eigenvalue weighted by molar-refractivity contribution is 5.85. The van der Waals surface area contributed by atoms with E-state index in [0.29, 0.717) is 5.56 Å². The maximum absolute atomic E-state index is 11.9. The van der Waals surface area contributed by atoms with Crippen molar-refractivity contribution in [2.45, 2.75) is 12.3 Å². The van der Waals surface area contributed by atoms with E-state index in [9.17, 15) is 9.90 Å². The molecule has 1 atom stereocenters. The Kier molecular flexibility index (Phi) is 4.26. The molecule has 86 valence electrons. The predicted octanol–water partition coefficient (Wildman–Crippen LogP) is 1.67. The Hall–Kier alpha value is -1.61. The fourth-order valence-corrected chi connectivity index (χ4v) is 1.53. The van der Waals surface area contributed by atoms with Crippen LogP contribution in [0.5, 0.6) is 0 Å². The third-order valence-corrected chi connectivity index (χ3v) is 2.53. The van der Waals surface area contributed by atoms with E-state index in [1.54, 1.807) is 19.1 Å². The van der Waals surface area contributed by atoms with Gasteiger partial charge in [-0.15, -0.1) is 6.58 Å². The summed E-state index contributed by atoms with van der Waals surface area (Å²) in [5.41, 5.74) is -0.469. The van der Waals surface area contributed by atoms with Gasteiger partial charge in [0.1, 0.15) is 5.41 Å². The Morgan fingerprint density at radius 1 is 1.50 bits per heavy atom. The number of benzene rings is 1. The fourth-order valence-electron chi connectivity index (χ4n) is 1.53. The second-order valence-corrected chi connectivity index (χ2v) is 3.42. The topological polar surface area (TPSA) is 46.5 Å². The van der Waals surface area contributed by atoms with Gasteiger partial charge >= 0.3 is 5.97 Å². The summed E-state index contributed by atoms with van der Waals surface area (Å²) in [4.78, 5) is 11.9. The zero-order chi connectivity index (χ0) is 12.0. The van der Waals surface area contributed by atoms with Crippen LogP contribution < -0.4 is 0 Å². The first-order chi connectivity index (χ1) is 7.71. The lowest BCUT2D eigenvalue weighted by atomic mass is 9.81. The zero-order valence-corrected chi connectivity index (χ0v) is 9.35. The number of carbonyl (C=O) groups is 1. The summed E-state index contributed by atoms with van der Waals surface area (Å²) in [6, 6.07) is 9.01. The third-order valence-electron chi connectivity index (χ3n) is 2.53. The van der Waals surface area contributed by atoms with Crippen LogP contribution in [0.3, 0.4) is 0 Å². The summed E-state index contributed by atoms with van der Waals surface area (Å²) < 4.78 is 4.97. The van der Waals surface area contributed by atoms with E-state index in [4.69, 9.17) is 4.74 Å². The van der Waals surface area contributed by atoms with Crippen molar-refractivity contribution in [2.24, 2.45) is 0 Å². The molecule has 0 saturated heterocycles. The van der Waals surface area contributed by atoms with Crippen molar-refractivity contribution in [3.05, 3.63) is 48.6 Å². The average molecular weight is 220 g/mol. The molecular weight excluding hydrogens is 204 g/mol. The van der Waals surface area contributed by atoms with E-state index in [0.717, 1.165) is 0 Å². The van der Waals surface area contributed by atoms with Gasteiger partial charge in [0.25, 0.3) is 0 Å². The lowest BCUT2D eigenvalue weighted by Gasteiger charge is -2.26. The van der Waals surface area contributed by atoms with Gasteiger partial charge in [-0.05, 0) is 12.5 Å². The molecule has 0 heterocycles. The van der Waals surface area contributed by atoms with Crippen LogP contribution in [0.4, 0.5) is 0 Å². The van der Waals surface area contributed by atoms with Crippen molar-refractivity contribution in [1.82, 2.24) is 0 Å². The molecular formula is C13H16O3. The zero-order valence-electron chi connectivity index (χ0n) is 9.35. The van der Waals surface area contributed by atoms with Crippen LogP contribution in [-0.2, 0) is 14.9 Å². The molecule has 1 rings (SSSR count). The van der Waals surface area contributed by atoms with Gasteiger partial charge in [-0.25, -0.2) is 0 Å². The molecule has 0 spiro atoms. The molecule has 1 N–H and O–H groups in total. The van der Waals surface area contributed by atoms with Crippen molar-refractivity contribution in [2.75, 3.05) is 13.2 Å². The van der Waals surface area contributed by atoms with Crippen LogP contribution in [0.2, 0.25) is 0 Å². The molecule has 0 fully saturated rings. The first-order valence-electron chi connectivity index (χ1n) is 5.18. The third kappa shape index (κ3) is 2.14. The van der Waals surface area contributed by atoms with Crippen molar-refractivity contribution < 1.29 is 14.6 Å². The van der Waals surface area contributed by atoms with Gasteiger partial charge in [0, 0.05) is 0 Å². The van der Waals surface area contributed by atoms with E-state index in [1.807, 2.05) is 18.2 Å². The molecule has 0 bridgehead atoms. The maximum Gasteiger partial charge on any atom is 0.322 e. The smallest absolute Gasteiger partial charge is 0.322 e. The van der Waals surface area contributed by atoms with Crippen molar-refractivity contribution in [3.8, 4) is 0 Å². The average Bonchev–Trinajstić information content (AvgIpc) is 2.33. The minimum atomic E-state index is -1.16. The van der Waals surface area contributed by atoms with Crippen LogP contribution >= 0.6 is 0 Å². The van der Waals surface area contributed by atoms with Gasteiger partial charge < -0.3 is 9.84 Å². The van der Waals surface area contributed by atoms with E-state index >= 15 is 0 Å². The molecule has 16 heavy (non-hydrogen) atoms. The summed E-state index contributed by atoms with van der Waals surface area (Å²) >= 11 is 0. The molecule has 0 radical (unpaired) electrons. The highest BCUT2D eigenvalue weighted by atomic mass is 16.5. The molecule has 0 aromatic heterocycles. The van der Waals surface area contributed by atoms with Gasteiger partial charge in [0.2, 0.25) is 0 Å². The predicted molar refractivity (Wildman–Crippen MR) is 62.0 cm³/mol. The minimum Gasteiger partial charge on any atom is -0.465 e.